The van der Waals surface area contributed by atoms with Crippen LogP contribution >= 0.6 is 0 Å². The third-order valence-corrected chi connectivity index (χ3v) is 4.85. The Balaban J connectivity index is 3.06. The van der Waals surface area contributed by atoms with Crippen LogP contribution < -0.4 is 5.73 Å². The summed E-state index contributed by atoms with van der Waals surface area (Å²) in [6.45, 7) is 2.85. The van der Waals surface area contributed by atoms with E-state index in [9.17, 15) is 8.42 Å². The van der Waals surface area contributed by atoms with Gasteiger partial charge in [0.15, 0.2) is 0 Å². The van der Waals surface area contributed by atoms with E-state index in [4.69, 9.17) is 5.73 Å². The molecule has 0 amide bonds. The van der Waals surface area contributed by atoms with Crippen LogP contribution in [0, 0.1) is 6.92 Å². The minimum atomic E-state index is -3.51. The molecule has 1 aromatic carbocycles. The van der Waals surface area contributed by atoms with Gasteiger partial charge in [-0.2, -0.15) is 4.31 Å². The molecule has 18 heavy (non-hydrogen) atoms. The smallest absolute Gasteiger partial charge is 0.245 e. The lowest BCUT2D eigenvalue weighted by molar-refractivity contribution is 0.358. The average Bonchev–Trinajstić information content (AvgIpc) is 2.25. The molecular weight excluding hydrogens is 250 g/mol. The third-order valence-electron chi connectivity index (χ3n) is 2.77. The molecule has 0 radical (unpaired) electrons. The van der Waals surface area contributed by atoms with E-state index in [0.29, 0.717) is 24.3 Å². The topological polar surface area (TPSA) is 66.6 Å². The van der Waals surface area contributed by atoms with Crippen LogP contribution in [0.2, 0.25) is 0 Å². The maximum atomic E-state index is 12.4. The number of likely N-dealkylation sites (N-methyl/N-ethyl adjacent to an activating group) is 2. The zero-order valence-electron chi connectivity index (χ0n) is 11.3. The van der Waals surface area contributed by atoms with Gasteiger partial charge in [-0.15, -0.1) is 0 Å². The first kappa shape index (κ1) is 14.9. The van der Waals surface area contributed by atoms with E-state index in [2.05, 4.69) is 0 Å². The van der Waals surface area contributed by atoms with E-state index in [1.54, 1.807) is 32.2 Å². The molecule has 0 aliphatic rings. The molecule has 0 unspecified atom stereocenters. The highest BCUT2D eigenvalue weighted by molar-refractivity contribution is 7.89. The highest BCUT2D eigenvalue weighted by Crippen LogP contribution is 2.24. The SMILES string of the molecule is Cc1cccc(N)c1S(=O)(=O)N(C)CCN(C)C. The van der Waals surface area contributed by atoms with Crippen molar-refractivity contribution >= 4 is 15.7 Å². The molecule has 0 spiro atoms. The predicted molar refractivity (Wildman–Crippen MR) is 74.0 cm³/mol. The molecule has 0 fully saturated rings. The second-order valence-electron chi connectivity index (χ2n) is 4.62. The van der Waals surface area contributed by atoms with Crippen LogP contribution in [0.3, 0.4) is 0 Å². The van der Waals surface area contributed by atoms with Gasteiger partial charge in [0.25, 0.3) is 0 Å². The fourth-order valence-corrected chi connectivity index (χ4v) is 3.12. The quantitative estimate of drug-likeness (QED) is 0.803. The first-order chi connectivity index (χ1) is 8.26. The zero-order valence-corrected chi connectivity index (χ0v) is 12.2. The summed E-state index contributed by atoms with van der Waals surface area (Å²) in [4.78, 5) is 2.15. The molecule has 102 valence electrons. The first-order valence-corrected chi connectivity index (χ1v) is 7.17. The monoisotopic (exact) mass is 271 g/mol. The molecule has 0 aliphatic heterocycles. The zero-order chi connectivity index (χ0) is 13.9. The Labute approximate surface area is 109 Å². The van der Waals surface area contributed by atoms with Crippen molar-refractivity contribution in [2.24, 2.45) is 0 Å². The van der Waals surface area contributed by atoms with Crippen LogP contribution in [-0.2, 0) is 10.0 Å². The molecule has 0 saturated carbocycles. The molecule has 0 heterocycles. The second-order valence-corrected chi connectivity index (χ2v) is 6.60. The van der Waals surface area contributed by atoms with E-state index in [0.717, 1.165) is 0 Å². The summed E-state index contributed by atoms with van der Waals surface area (Å²) < 4.78 is 26.2. The Bertz CT molecular complexity index is 492. The van der Waals surface area contributed by atoms with Gasteiger partial charge in [-0.1, -0.05) is 12.1 Å². The number of anilines is 1. The number of aryl methyl sites for hydroxylation is 1. The lowest BCUT2D eigenvalue weighted by Crippen LogP contribution is -2.34. The molecule has 1 aromatic rings. The number of hydrogen-bond donors (Lipinski definition) is 1. The molecule has 0 atom stereocenters. The molecule has 1 rings (SSSR count). The molecular formula is C12H21N3O2S. The van der Waals surface area contributed by atoms with Crippen molar-refractivity contribution in [3.05, 3.63) is 23.8 Å². The van der Waals surface area contributed by atoms with E-state index in [1.165, 1.54) is 4.31 Å². The third kappa shape index (κ3) is 3.22. The first-order valence-electron chi connectivity index (χ1n) is 5.73. The van der Waals surface area contributed by atoms with Crippen molar-refractivity contribution in [1.82, 2.24) is 9.21 Å². The summed E-state index contributed by atoms with van der Waals surface area (Å²) in [5.41, 5.74) is 6.76. The van der Waals surface area contributed by atoms with Gasteiger partial charge >= 0.3 is 0 Å². The molecule has 2 N–H and O–H groups in total. The van der Waals surface area contributed by atoms with Gasteiger partial charge in [0.05, 0.1) is 5.69 Å². The number of hydrogen-bond acceptors (Lipinski definition) is 4. The Hall–Kier alpha value is -1.11. The lowest BCUT2D eigenvalue weighted by Gasteiger charge is -2.21. The van der Waals surface area contributed by atoms with Gasteiger partial charge in [0.1, 0.15) is 4.90 Å². The van der Waals surface area contributed by atoms with Crippen LogP contribution in [0.25, 0.3) is 0 Å². The van der Waals surface area contributed by atoms with Crippen LogP contribution in [0.15, 0.2) is 23.1 Å². The fourth-order valence-electron chi connectivity index (χ4n) is 1.64. The van der Waals surface area contributed by atoms with Crippen molar-refractivity contribution in [3.63, 3.8) is 0 Å². The van der Waals surface area contributed by atoms with Crippen LogP contribution in [0.1, 0.15) is 5.56 Å². The van der Waals surface area contributed by atoms with Crippen molar-refractivity contribution in [1.29, 1.82) is 0 Å². The maximum Gasteiger partial charge on any atom is 0.245 e. The number of sulfonamides is 1. The minimum absolute atomic E-state index is 0.214. The van der Waals surface area contributed by atoms with Crippen molar-refractivity contribution < 1.29 is 8.42 Å². The van der Waals surface area contributed by atoms with Gasteiger partial charge < -0.3 is 10.6 Å². The normalized spacial score (nSPS) is 12.3. The number of nitrogens with two attached hydrogens (primary N) is 1. The van der Waals surface area contributed by atoms with Gasteiger partial charge in [-0.05, 0) is 32.6 Å². The standard InChI is InChI=1S/C12H21N3O2S/c1-10-6-5-7-11(13)12(10)18(16,17)15(4)9-8-14(2)3/h5-7H,8-9,13H2,1-4H3. The molecule has 0 aliphatic carbocycles. The van der Waals surface area contributed by atoms with Crippen LogP contribution in [0.5, 0.6) is 0 Å². The highest BCUT2D eigenvalue weighted by Gasteiger charge is 2.24. The second kappa shape index (κ2) is 5.69. The molecule has 0 saturated heterocycles. The Morgan fingerprint density at radius 2 is 1.78 bits per heavy atom. The number of benzene rings is 1. The van der Waals surface area contributed by atoms with Gasteiger partial charge in [-0.3, -0.25) is 0 Å². The number of nitrogen functional groups attached to an aromatic ring is 1. The molecule has 5 nitrogen and oxygen atoms in total. The van der Waals surface area contributed by atoms with Gasteiger partial charge in [0, 0.05) is 20.1 Å². The van der Waals surface area contributed by atoms with Crippen LogP contribution in [0.4, 0.5) is 5.69 Å². The van der Waals surface area contributed by atoms with E-state index in [1.807, 2.05) is 19.0 Å². The highest BCUT2D eigenvalue weighted by atomic mass is 32.2. The summed E-state index contributed by atoms with van der Waals surface area (Å²) in [6.07, 6.45) is 0. The predicted octanol–water partition coefficient (Wildman–Crippen LogP) is 0.759. The van der Waals surface area contributed by atoms with E-state index < -0.39 is 10.0 Å². The van der Waals surface area contributed by atoms with Crippen LogP contribution in [-0.4, -0.2) is 51.9 Å². The summed E-state index contributed by atoms with van der Waals surface area (Å²) in [7, 11) is 1.87. The average molecular weight is 271 g/mol. The van der Waals surface area contributed by atoms with Crippen molar-refractivity contribution in [3.8, 4) is 0 Å². The molecule has 0 bridgehead atoms. The van der Waals surface area contributed by atoms with E-state index in [-0.39, 0.29) is 4.90 Å². The largest absolute Gasteiger partial charge is 0.398 e. The summed E-state index contributed by atoms with van der Waals surface area (Å²) in [5, 5.41) is 0. The summed E-state index contributed by atoms with van der Waals surface area (Å²) in [6, 6.07) is 5.12. The Morgan fingerprint density at radius 3 is 2.28 bits per heavy atom. The number of nitrogens with zero attached hydrogens (tertiary/aromatic N) is 2. The molecule has 0 aromatic heterocycles. The summed E-state index contributed by atoms with van der Waals surface area (Å²) >= 11 is 0. The maximum absolute atomic E-state index is 12.4. The van der Waals surface area contributed by atoms with Crippen molar-refractivity contribution in [2.45, 2.75) is 11.8 Å². The lowest BCUT2D eigenvalue weighted by atomic mass is 10.2. The number of rotatable bonds is 5. The van der Waals surface area contributed by atoms with E-state index >= 15 is 0 Å². The van der Waals surface area contributed by atoms with Crippen molar-refractivity contribution in [2.75, 3.05) is 40.0 Å². The van der Waals surface area contributed by atoms with Gasteiger partial charge in [0.2, 0.25) is 10.0 Å². The fraction of sp³-hybridized carbons (Fsp3) is 0.500. The summed E-state index contributed by atoms with van der Waals surface area (Å²) in [5.74, 6) is 0. The molecule has 6 heteroatoms. The Kier molecular flexibility index (Phi) is 4.72. The minimum Gasteiger partial charge on any atom is -0.398 e. The Morgan fingerprint density at radius 1 is 1.17 bits per heavy atom. The van der Waals surface area contributed by atoms with Gasteiger partial charge in [-0.25, -0.2) is 8.42 Å².